The van der Waals surface area contributed by atoms with E-state index in [2.05, 4.69) is 44.8 Å². The van der Waals surface area contributed by atoms with Gasteiger partial charge in [0.25, 0.3) is 5.91 Å². The van der Waals surface area contributed by atoms with Crippen LogP contribution in [-0.2, 0) is 17.9 Å². The number of benzene rings is 2. The van der Waals surface area contributed by atoms with Gasteiger partial charge < -0.3 is 10.6 Å². The number of aromatic nitrogens is 2. The number of hydrogen-bond acceptors (Lipinski definition) is 4. The molecule has 7 nitrogen and oxygen atoms in total. The molecule has 3 aromatic rings. The summed E-state index contributed by atoms with van der Waals surface area (Å²) >= 11 is 0. The van der Waals surface area contributed by atoms with Crippen LogP contribution in [0.1, 0.15) is 47.1 Å². The first-order valence-electron chi connectivity index (χ1n) is 9.55. The Morgan fingerprint density at radius 2 is 1.76 bits per heavy atom. The highest BCUT2D eigenvalue weighted by Gasteiger charge is 2.29. The van der Waals surface area contributed by atoms with Crippen molar-refractivity contribution in [2.24, 2.45) is 0 Å². The third-order valence-electron chi connectivity index (χ3n) is 5.20. The molecule has 1 atom stereocenters. The lowest BCUT2D eigenvalue weighted by Crippen LogP contribution is -2.22. The molecule has 2 heterocycles. The van der Waals surface area contributed by atoms with Crippen LogP contribution in [0.2, 0.25) is 0 Å². The minimum atomic E-state index is -0.222. The molecule has 1 unspecified atom stereocenters. The van der Waals surface area contributed by atoms with Gasteiger partial charge in [0.05, 0.1) is 5.69 Å². The largest absolute Gasteiger partial charge is 0.326 e. The van der Waals surface area contributed by atoms with Crippen molar-refractivity contribution in [1.82, 2.24) is 15.1 Å². The van der Waals surface area contributed by atoms with Crippen molar-refractivity contribution in [3.05, 3.63) is 77.0 Å². The van der Waals surface area contributed by atoms with Gasteiger partial charge in [-0.05, 0) is 36.8 Å². The lowest BCUT2D eigenvalue weighted by atomic mass is 10.1. The molecule has 0 fully saturated rings. The van der Waals surface area contributed by atoms with E-state index in [0.717, 1.165) is 24.3 Å². The summed E-state index contributed by atoms with van der Waals surface area (Å²) in [6, 6.07) is 17.4. The zero-order valence-corrected chi connectivity index (χ0v) is 16.4. The fourth-order valence-corrected chi connectivity index (χ4v) is 3.57. The van der Waals surface area contributed by atoms with E-state index in [1.807, 2.05) is 18.2 Å². The van der Waals surface area contributed by atoms with Gasteiger partial charge in [-0.3, -0.25) is 19.6 Å². The molecule has 0 spiro atoms. The summed E-state index contributed by atoms with van der Waals surface area (Å²) in [5.74, 6) is 0.267. The van der Waals surface area contributed by atoms with E-state index < -0.39 is 0 Å². The molecule has 7 heteroatoms. The Balaban J connectivity index is 1.44. The van der Waals surface area contributed by atoms with Crippen molar-refractivity contribution >= 4 is 23.3 Å². The third kappa shape index (κ3) is 4.05. The number of rotatable bonds is 5. The van der Waals surface area contributed by atoms with Crippen molar-refractivity contribution in [3.8, 4) is 0 Å². The van der Waals surface area contributed by atoms with Crippen LogP contribution < -0.4 is 10.6 Å². The van der Waals surface area contributed by atoms with E-state index in [1.54, 1.807) is 24.3 Å². The van der Waals surface area contributed by atoms with Gasteiger partial charge in [-0.25, -0.2) is 0 Å². The quantitative estimate of drug-likeness (QED) is 0.621. The molecule has 0 bridgehead atoms. The number of anilines is 2. The summed E-state index contributed by atoms with van der Waals surface area (Å²) in [7, 11) is 0. The van der Waals surface area contributed by atoms with Crippen LogP contribution in [-0.4, -0.2) is 26.9 Å². The maximum Gasteiger partial charge on any atom is 0.256 e. The Labute approximate surface area is 169 Å². The zero-order chi connectivity index (χ0) is 20.4. The number of carbonyl (C=O) groups excluding carboxylic acids is 2. The summed E-state index contributed by atoms with van der Waals surface area (Å²) in [4.78, 5) is 26.1. The average Bonchev–Trinajstić information content (AvgIpc) is 3.30. The summed E-state index contributed by atoms with van der Waals surface area (Å²) in [5.41, 5.74) is 4.41. The molecule has 1 aromatic heterocycles. The fourth-order valence-electron chi connectivity index (χ4n) is 3.57. The van der Waals surface area contributed by atoms with Gasteiger partial charge in [-0.2, -0.15) is 5.10 Å². The molecule has 2 aromatic carbocycles. The van der Waals surface area contributed by atoms with Gasteiger partial charge in [0.15, 0.2) is 0 Å². The second-order valence-electron chi connectivity index (χ2n) is 7.23. The molecule has 0 saturated carbocycles. The molecule has 0 radical (unpaired) electrons. The predicted molar refractivity (Wildman–Crippen MR) is 111 cm³/mol. The van der Waals surface area contributed by atoms with Crippen molar-refractivity contribution in [2.45, 2.75) is 33.0 Å². The zero-order valence-electron chi connectivity index (χ0n) is 16.4. The van der Waals surface area contributed by atoms with E-state index in [1.165, 1.54) is 12.5 Å². The monoisotopic (exact) mass is 389 g/mol. The Morgan fingerprint density at radius 1 is 1.03 bits per heavy atom. The number of hydrogen-bond donors (Lipinski definition) is 3. The topological polar surface area (TPSA) is 90.1 Å². The number of aromatic amines is 1. The second-order valence-corrected chi connectivity index (χ2v) is 7.23. The van der Waals surface area contributed by atoms with E-state index in [-0.39, 0.29) is 17.9 Å². The van der Waals surface area contributed by atoms with Crippen molar-refractivity contribution in [3.63, 3.8) is 0 Å². The van der Waals surface area contributed by atoms with Gasteiger partial charge in [0.1, 0.15) is 5.82 Å². The first kappa shape index (κ1) is 18.9. The SMILES string of the molecule is CC(=O)Nc1ccc(C(=O)Nc2[nH]nc3c2CN(C(C)c2ccccc2)C3)cc1. The molecule has 29 heavy (non-hydrogen) atoms. The number of fused-ring (bicyclic) bond motifs is 1. The number of nitrogens with one attached hydrogen (secondary N) is 3. The molecule has 4 rings (SSSR count). The minimum Gasteiger partial charge on any atom is -0.326 e. The first-order chi connectivity index (χ1) is 14.0. The Bertz CT molecular complexity index is 1030. The molecule has 1 aliphatic heterocycles. The van der Waals surface area contributed by atoms with Gasteiger partial charge in [0.2, 0.25) is 5.91 Å². The van der Waals surface area contributed by atoms with Gasteiger partial charge >= 0.3 is 0 Å². The highest BCUT2D eigenvalue weighted by molar-refractivity contribution is 6.04. The fraction of sp³-hybridized carbons (Fsp3) is 0.227. The molecule has 2 amide bonds. The normalized spacial score (nSPS) is 14.3. The molecular formula is C22H23N5O2. The van der Waals surface area contributed by atoms with Gasteiger partial charge in [-0.15, -0.1) is 0 Å². The van der Waals surface area contributed by atoms with Crippen LogP contribution in [0.15, 0.2) is 54.6 Å². The predicted octanol–water partition coefficient (Wildman–Crippen LogP) is 3.70. The van der Waals surface area contributed by atoms with Crippen LogP contribution in [0.4, 0.5) is 11.5 Å². The van der Waals surface area contributed by atoms with Crippen molar-refractivity contribution in [1.29, 1.82) is 0 Å². The first-order valence-corrected chi connectivity index (χ1v) is 9.55. The molecular weight excluding hydrogens is 366 g/mol. The second kappa shape index (κ2) is 7.89. The van der Waals surface area contributed by atoms with E-state index >= 15 is 0 Å². The Morgan fingerprint density at radius 3 is 2.45 bits per heavy atom. The maximum atomic E-state index is 12.6. The molecule has 1 aliphatic rings. The summed E-state index contributed by atoms with van der Waals surface area (Å²) in [6.45, 7) is 5.09. The highest BCUT2D eigenvalue weighted by Crippen LogP contribution is 2.33. The molecule has 3 N–H and O–H groups in total. The van der Waals surface area contributed by atoms with Crippen LogP contribution in [0.5, 0.6) is 0 Å². The summed E-state index contributed by atoms with van der Waals surface area (Å²) in [6.07, 6.45) is 0. The Hall–Kier alpha value is -3.45. The van der Waals surface area contributed by atoms with Gasteiger partial charge in [-0.1, -0.05) is 30.3 Å². The number of H-pyrrole nitrogens is 1. The maximum absolute atomic E-state index is 12.6. The number of amides is 2. The van der Waals surface area contributed by atoms with Crippen LogP contribution >= 0.6 is 0 Å². The van der Waals surface area contributed by atoms with Crippen LogP contribution in [0, 0.1) is 0 Å². The van der Waals surface area contributed by atoms with Crippen molar-refractivity contribution in [2.75, 3.05) is 10.6 Å². The average molecular weight is 389 g/mol. The number of nitrogens with zero attached hydrogens (tertiary/aromatic N) is 2. The van der Waals surface area contributed by atoms with Gasteiger partial charge in [0, 0.05) is 42.9 Å². The number of carbonyl (C=O) groups is 2. The van der Waals surface area contributed by atoms with E-state index in [0.29, 0.717) is 17.1 Å². The highest BCUT2D eigenvalue weighted by atomic mass is 16.2. The smallest absolute Gasteiger partial charge is 0.256 e. The summed E-state index contributed by atoms with van der Waals surface area (Å²) in [5, 5.41) is 12.9. The van der Waals surface area contributed by atoms with Crippen molar-refractivity contribution < 1.29 is 9.59 Å². The van der Waals surface area contributed by atoms with Crippen LogP contribution in [0.25, 0.3) is 0 Å². The van der Waals surface area contributed by atoms with Crippen LogP contribution in [0.3, 0.4) is 0 Å². The molecule has 0 saturated heterocycles. The molecule has 0 aliphatic carbocycles. The minimum absolute atomic E-state index is 0.149. The van der Waals surface area contributed by atoms with E-state index in [9.17, 15) is 9.59 Å². The summed E-state index contributed by atoms with van der Waals surface area (Å²) < 4.78 is 0. The Kier molecular flexibility index (Phi) is 5.14. The van der Waals surface area contributed by atoms with E-state index in [4.69, 9.17) is 0 Å². The third-order valence-corrected chi connectivity index (χ3v) is 5.20. The lowest BCUT2D eigenvalue weighted by molar-refractivity contribution is -0.114. The molecule has 148 valence electrons. The lowest BCUT2D eigenvalue weighted by Gasteiger charge is -2.24. The standard InChI is InChI=1S/C22H23N5O2/c1-14(16-6-4-3-5-7-16)27-12-19-20(13-27)25-26-21(19)24-22(29)17-8-10-18(11-9-17)23-15(2)28/h3-11,14H,12-13H2,1-2H3,(H,23,28)(H2,24,25,26,29).